The van der Waals surface area contributed by atoms with Crippen LogP contribution < -0.4 is 0 Å². The van der Waals surface area contributed by atoms with E-state index < -0.39 is 4.92 Å². The van der Waals surface area contributed by atoms with Crippen LogP contribution in [0, 0.1) is 19.8 Å². The molecule has 2 rings (SSSR count). The number of nitro groups is 1. The maximum Gasteiger partial charge on any atom is 0.269 e. The highest BCUT2D eigenvalue weighted by Gasteiger charge is 2.05. The molecule has 2 aromatic carbocycles. The van der Waals surface area contributed by atoms with Crippen LogP contribution in [0.4, 0.5) is 5.69 Å². The van der Waals surface area contributed by atoms with Crippen LogP contribution in [0.3, 0.4) is 0 Å². The van der Waals surface area contributed by atoms with E-state index in [-0.39, 0.29) is 5.69 Å². The van der Waals surface area contributed by atoms with Crippen molar-refractivity contribution in [3.63, 3.8) is 0 Å². The molecule has 0 bridgehead atoms. The maximum atomic E-state index is 10.5. The van der Waals surface area contributed by atoms with Gasteiger partial charge in [0.15, 0.2) is 0 Å². The highest BCUT2D eigenvalue weighted by molar-refractivity contribution is 14.1. The minimum atomic E-state index is -0.401. The predicted molar refractivity (Wildman–Crippen MR) is 70.1 cm³/mol. The molecule has 2 aromatic rings. The molecule has 0 saturated heterocycles. The lowest BCUT2D eigenvalue weighted by Gasteiger charge is -2.01. The minimum Gasteiger partial charge on any atom is -0.258 e. The van der Waals surface area contributed by atoms with Crippen molar-refractivity contribution in [2.75, 3.05) is 0 Å². The van der Waals surface area contributed by atoms with Crippen LogP contribution in [0.15, 0.2) is 42.5 Å². The largest absolute Gasteiger partial charge is 0.269 e. The molecule has 4 heteroatoms. The number of non-ortho nitro benzene ring substituents is 1. The number of hydrogen-bond donors (Lipinski definition) is 0. The monoisotopic (exact) mass is 324 g/mol. The molecule has 0 saturated carbocycles. The topological polar surface area (TPSA) is 43.1 Å². The first kappa shape index (κ1) is 11.1. The Balaban J connectivity index is 2.38. The summed E-state index contributed by atoms with van der Waals surface area (Å²) in [5, 5.41) is 10.5. The molecule has 1 radical (unpaired) electrons. The van der Waals surface area contributed by atoms with Gasteiger partial charge in [0.1, 0.15) is 0 Å². The molecule has 79 valence electrons. The predicted octanol–water partition coefficient (Wildman–Crippen LogP) is 3.67. The summed E-state index contributed by atoms with van der Waals surface area (Å²) in [7, 11) is 0. The van der Waals surface area contributed by atoms with E-state index in [1.807, 2.05) is 18.2 Å². The van der Waals surface area contributed by atoms with Gasteiger partial charge in [-0.2, -0.15) is 0 Å². The number of nitro benzene ring substituents is 1. The Kier molecular flexibility index (Phi) is 3.19. The lowest BCUT2D eigenvalue weighted by Crippen LogP contribution is -1.87. The molecule has 0 heterocycles. The average Bonchev–Trinajstić information content (AvgIpc) is 2.29. The van der Waals surface area contributed by atoms with Gasteiger partial charge >= 0.3 is 0 Å². The first-order valence-electron chi connectivity index (χ1n) is 4.59. The Morgan fingerprint density at radius 3 is 2.38 bits per heavy atom. The average molecular weight is 324 g/mol. The molecule has 0 aromatic heterocycles. The Labute approximate surface area is 106 Å². The summed E-state index contributed by atoms with van der Waals surface area (Å²) in [4.78, 5) is 10.1. The summed E-state index contributed by atoms with van der Waals surface area (Å²) in [6.45, 7) is 0. The molecule has 0 amide bonds. The van der Waals surface area contributed by atoms with Crippen LogP contribution in [0.25, 0.3) is 11.1 Å². The van der Waals surface area contributed by atoms with Crippen LogP contribution >= 0.6 is 22.6 Å². The van der Waals surface area contributed by atoms with Gasteiger partial charge in [0.25, 0.3) is 5.69 Å². The molecule has 0 fully saturated rings. The molecule has 0 unspecified atom stereocenters. The van der Waals surface area contributed by atoms with Gasteiger partial charge in [-0.05, 0) is 51.9 Å². The van der Waals surface area contributed by atoms with E-state index in [4.69, 9.17) is 0 Å². The van der Waals surface area contributed by atoms with E-state index in [0.717, 1.165) is 14.7 Å². The highest BCUT2D eigenvalue weighted by atomic mass is 127. The van der Waals surface area contributed by atoms with Crippen LogP contribution in [0.2, 0.25) is 0 Å². The zero-order valence-corrected chi connectivity index (χ0v) is 10.3. The van der Waals surface area contributed by atoms with Crippen LogP contribution in [0.5, 0.6) is 0 Å². The smallest absolute Gasteiger partial charge is 0.258 e. The number of hydrogen-bond acceptors (Lipinski definition) is 2. The van der Waals surface area contributed by atoms with Crippen molar-refractivity contribution in [3.05, 3.63) is 62.2 Å². The van der Waals surface area contributed by atoms with E-state index in [0.29, 0.717) is 0 Å². The van der Waals surface area contributed by atoms with Gasteiger partial charge in [0.2, 0.25) is 0 Å². The van der Waals surface area contributed by atoms with Crippen molar-refractivity contribution in [1.82, 2.24) is 0 Å². The Bertz CT molecular complexity index is 523. The van der Waals surface area contributed by atoms with Gasteiger partial charge in [-0.1, -0.05) is 12.1 Å². The summed E-state index contributed by atoms with van der Waals surface area (Å²) in [5.74, 6) is 0. The second-order valence-corrected chi connectivity index (χ2v) is 4.38. The van der Waals surface area contributed by atoms with Gasteiger partial charge < -0.3 is 0 Å². The first-order valence-corrected chi connectivity index (χ1v) is 5.67. The number of benzene rings is 2. The number of rotatable bonds is 2. The summed E-state index contributed by atoms with van der Waals surface area (Å²) in [6, 6.07) is 15.5. The number of halogens is 1. The van der Waals surface area contributed by atoms with Crippen LogP contribution in [-0.4, -0.2) is 4.92 Å². The van der Waals surface area contributed by atoms with Crippen molar-refractivity contribution in [3.8, 4) is 11.1 Å². The third-order valence-corrected chi connectivity index (χ3v) is 2.78. The van der Waals surface area contributed by atoms with Crippen molar-refractivity contribution in [1.29, 1.82) is 0 Å². The lowest BCUT2D eigenvalue weighted by molar-refractivity contribution is -0.384. The molecular formula is C12H7INO2. The molecule has 0 atom stereocenters. The molecule has 0 aliphatic rings. The third kappa shape index (κ3) is 2.38. The summed E-state index contributed by atoms with van der Waals surface area (Å²) in [6.07, 6.45) is 0. The molecule has 0 N–H and O–H groups in total. The summed E-state index contributed by atoms with van der Waals surface area (Å²) < 4.78 is 1.02. The van der Waals surface area contributed by atoms with E-state index in [1.165, 1.54) is 12.1 Å². The first-order chi connectivity index (χ1) is 7.66. The minimum absolute atomic E-state index is 0.106. The van der Waals surface area contributed by atoms with E-state index in [2.05, 4.69) is 28.7 Å². The normalized spacial score (nSPS) is 10.1. The molecule has 3 nitrogen and oxygen atoms in total. The third-order valence-electron chi connectivity index (χ3n) is 2.15. The Morgan fingerprint density at radius 1 is 1.12 bits per heavy atom. The van der Waals surface area contributed by atoms with Crippen molar-refractivity contribution < 1.29 is 4.92 Å². The SMILES string of the molecule is O=[N+]([O-])c1ccc(-c2[c]c(I)ccc2)cc1. The van der Waals surface area contributed by atoms with Gasteiger partial charge in [-0.3, -0.25) is 10.1 Å². The quantitative estimate of drug-likeness (QED) is 0.481. The van der Waals surface area contributed by atoms with E-state index >= 15 is 0 Å². The Morgan fingerprint density at radius 2 is 1.81 bits per heavy atom. The number of nitrogens with zero attached hydrogens (tertiary/aromatic N) is 1. The van der Waals surface area contributed by atoms with Gasteiger partial charge in [0, 0.05) is 21.8 Å². The zero-order chi connectivity index (χ0) is 11.5. The second kappa shape index (κ2) is 4.61. The molecule has 0 aliphatic carbocycles. The molecule has 0 spiro atoms. The van der Waals surface area contributed by atoms with E-state index in [9.17, 15) is 10.1 Å². The molecule has 0 aliphatic heterocycles. The fourth-order valence-electron chi connectivity index (χ4n) is 1.37. The fraction of sp³-hybridized carbons (Fsp3) is 0. The van der Waals surface area contributed by atoms with Gasteiger partial charge in [0.05, 0.1) is 4.92 Å². The van der Waals surface area contributed by atoms with Gasteiger partial charge in [-0.25, -0.2) is 0 Å². The second-order valence-electron chi connectivity index (χ2n) is 3.22. The summed E-state index contributed by atoms with van der Waals surface area (Å²) in [5.41, 5.74) is 1.99. The maximum absolute atomic E-state index is 10.5. The standard InChI is InChI=1S/C12H7INO2/c13-11-3-1-2-10(8-11)9-4-6-12(7-5-9)14(15)16/h1-7H. The summed E-state index contributed by atoms with van der Waals surface area (Å²) >= 11 is 2.19. The van der Waals surface area contributed by atoms with Crippen molar-refractivity contribution in [2.24, 2.45) is 0 Å². The van der Waals surface area contributed by atoms with Crippen LogP contribution in [-0.2, 0) is 0 Å². The van der Waals surface area contributed by atoms with Crippen molar-refractivity contribution in [2.45, 2.75) is 0 Å². The van der Waals surface area contributed by atoms with Gasteiger partial charge in [-0.15, -0.1) is 0 Å². The zero-order valence-electron chi connectivity index (χ0n) is 8.18. The lowest BCUT2D eigenvalue weighted by atomic mass is 10.1. The fourth-order valence-corrected chi connectivity index (χ4v) is 1.87. The molecular weight excluding hydrogens is 317 g/mol. The molecule has 16 heavy (non-hydrogen) atoms. The highest BCUT2D eigenvalue weighted by Crippen LogP contribution is 2.23. The Hall–Kier alpha value is -1.43. The van der Waals surface area contributed by atoms with Crippen molar-refractivity contribution >= 4 is 28.3 Å². The van der Waals surface area contributed by atoms with E-state index in [1.54, 1.807) is 12.1 Å². The van der Waals surface area contributed by atoms with Crippen LogP contribution in [0.1, 0.15) is 0 Å².